The Balaban J connectivity index is 1.32. The maximum atomic E-state index is 6.30. The molecule has 4 aromatic rings. The van der Waals surface area contributed by atoms with Crippen molar-refractivity contribution in [3.05, 3.63) is 77.3 Å². The average Bonchev–Trinajstić information content (AvgIpc) is 3.26. The number of anilines is 3. The Kier molecular flexibility index (Phi) is 6.00. The number of H-pyrrole nitrogens is 1. The van der Waals surface area contributed by atoms with Gasteiger partial charge in [-0.1, -0.05) is 23.7 Å². The number of halogens is 1. The zero-order chi connectivity index (χ0) is 21.8. The lowest BCUT2D eigenvalue weighted by atomic mass is 9.99. The number of hydrogen-bond acceptors (Lipinski definition) is 6. The van der Waals surface area contributed by atoms with Gasteiger partial charge in [-0.15, -0.1) is 0 Å². The molecule has 1 aromatic carbocycles. The number of benzene rings is 1. The van der Waals surface area contributed by atoms with Gasteiger partial charge in [-0.2, -0.15) is 4.98 Å². The summed E-state index contributed by atoms with van der Waals surface area (Å²) in [5.41, 5.74) is 5.67. The molecule has 1 aliphatic heterocycles. The molecule has 0 saturated carbocycles. The van der Waals surface area contributed by atoms with Gasteiger partial charge in [-0.3, -0.25) is 4.98 Å². The molecule has 5 rings (SSSR count). The molecule has 3 aromatic heterocycles. The summed E-state index contributed by atoms with van der Waals surface area (Å²) in [7, 11) is 0. The van der Waals surface area contributed by atoms with Crippen LogP contribution in [0.5, 0.6) is 0 Å². The number of nitrogens with zero attached hydrogens (tertiary/aromatic N) is 3. The molecule has 4 heterocycles. The van der Waals surface area contributed by atoms with E-state index in [4.69, 9.17) is 11.6 Å². The van der Waals surface area contributed by atoms with E-state index < -0.39 is 0 Å². The lowest BCUT2D eigenvalue weighted by molar-refractivity contribution is 0.739. The molecule has 0 aliphatic carbocycles. The monoisotopic (exact) mass is 445 g/mol. The second-order valence-corrected chi connectivity index (χ2v) is 8.07. The number of aromatic nitrogens is 4. The number of aromatic amines is 1. The first kappa shape index (κ1) is 20.5. The molecule has 0 atom stereocenters. The van der Waals surface area contributed by atoms with Gasteiger partial charge in [0.15, 0.2) is 5.82 Å². The second kappa shape index (κ2) is 9.38. The smallest absolute Gasteiger partial charge is 0.229 e. The summed E-state index contributed by atoms with van der Waals surface area (Å²) in [6, 6.07) is 12.1. The Morgan fingerprint density at radius 1 is 1.12 bits per heavy atom. The van der Waals surface area contributed by atoms with Crippen LogP contribution in [-0.2, 0) is 6.42 Å². The Morgan fingerprint density at radius 3 is 2.94 bits per heavy atom. The maximum Gasteiger partial charge on any atom is 0.229 e. The summed E-state index contributed by atoms with van der Waals surface area (Å²) >= 11 is 6.30. The first-order chi connectivity index (χ1) is 15.8. The molecule has 4 N–H and O–H groups in total. The summed E-state index contributed by atoms with van der Waals surface area (Å²) in [4.78, 5) is 16.6. The maximum absolute atomic E-state index is 6.30. The number of nitrogens with one attached hydrogen (secondary N) is 4. The van der Waals surface area contributed by atoms with Crippen molar-refractivity contribution in [2.75, 3.05) is 30.3 Å². The minimum absolute atomic E-state index is 0.484. The van der Waals surface area contributed by atoms with E-state index in [1.807, 2.05) is 24.3 Å². The molecule has 0 bridgehead atoms. The molecule has 0 saturated heterocycles. The van der Waals surface area contributed by atoms with Crippen LogP contribution < -0.4 is 16.0 Å². The summed E-state index contributed by atoms with van der Waals surface area (Å²) in [6.07, 6.45) is 9.57. The standard InChI is InChI=1S/C24H24ClN7/c25-21-15-30-24(32-23(21)28-12-8-17-3-1-2-9-27-17)31-18-4-5-22-19(13-18)20(14-29-22)16-6-10-26-11-7-16/h1-6,9,13-15,26,29H,7-8,10-12H2,(H2,28,30,31,32). The minimum atomic E-state index is 0.484. The van der Waals surface area contributed by atoms with Crippen molar-refractivity contribution in [3.63, 3.8) is 0 Å². The van der Waals surface area contributed by atoms with Crippen LogP contribution in [0, 0.1) is 0 Å². The average molecular weight is 446 g/mol. The van der Waals surface area contributed by atoms with Crippen LogP contribution >= 0.6 is 11.6 Å². The van der Waals surface area contributed by atoms with Gasteiger partial charge in [-0.05, 0) is 48.9 Å². The van der Waals surface area contributed by atoms with Crippen molar-refractivity contribution in [2.45, 2.75) is 12.8 Å². The van der Waals surface area contributed by atoms with Gasteiger partial charge in [0, 0.05) is 59.8 Å². The molecule has 0 radical (unpaired) electrons. The summed E-state index contributed by atoms with van der Waals surface area (Å²) < 4.78 is 0. The molecule has 0 amide bonds. The number of pyridine rings is 1. The lowest BCUT2D eigenvalue weighted by Gasteiger charge is -2.14. The Morgan fingerprint density at radius 2 is 2.09 bits per heavy atom. The highest BCUT2D eigenvalue weighted by Crippen LogP contribution is 2.31. The molecule has 7 nitrogen and oxygen atoms in total. The number of hydrogen-bond donors (Lipinski definition) is 4. The zero-order valence-corrected chi connectivity index (χ0v) is 18.3. The van der Waals surface area contributed by atoms with E-state index in [1.54, 1.807) is 12.4 Å². The van der Waals surface area contributed by atoms with E-state index in [2.05, 4.69) is 60.3 Å². The Bertz CT molecular complexity index is 1250. The van der Waals surface area contributed by atoms with E-state index in [1.165, 1.54) is 16.5 Å². The van der Waals surface area contributed by atoms with E-state index in [-0.39, 0.29) is 0 Å². The third kappa shape index (κ3) is 4.59. The van der Waals surface area contributed by atoms with E-state index >= 15 is 0 Å². The van der Waals surface area contributed by atoms with Crippen molar-refractivity contribution in [1.82, 2.24) is 25.3 Å². The lowest BCUT2D eigenvalue weighted by Crippen LogP contribution is -2.19. The quantitative estimate of drug-likeness (QED) is 0.327. The first-order valence-corrected chi connectivity index (χ1v) is 11.1. The summed E-state index contributed by atoms with van der Waals surface area (Å²) in [5, 5.41) is 11.6. The molecule has 8 heteroatoms. The molecule has 0 fully saturated rings. The van der Waals surface area contributed by atoms with Gasteiger partial charge in [0.05, 0.1) is 6.20 Å². The van der Waals surface area contributed by atoms with Crippen LogP contribution in [0.3, 0.4) is 0 Å². The highest BCUT2D eigenvalue weighted by molar-refractivity contribution is 6.32. The zero-order valence-electron chi connectivity index (χ0n) is 17.5. The highest BCUT2D eigenvalue weighted by atomic mass is 35.5. The topological polar surface area (TPSA) is 90.5 Å². The third-order valence-electron chi connectivity index (χ3n) is 5.49. The molecule has 32 heavy (non-hydrogen) atoms. The molecule has 162 valence electrons. The fourth-order valence-electron chi connectivity index (χ4n) is 3.87. The Hall–Kier alpha value is -3.42. The van der Waals surface area contributed by atoms with Crippen LogP contribution in [-0.4, -0.2) is 39.6 Å². The number of fused-ring (bicyclic) bond motifs is 1. The van der Waals surface area contributed by atoms with Crippen molar-refractivity contribution in [2.24, 2.45) is 0 Å². The van der Waals surface area contributed by atoms with Crippen LogP contribution in [0.15, 0.2) is 61.1 Å². The first-order valence-electron chi connectivity index (χ1n) is 10.7. The fourth-order valence-corrected chi connectivity index (χ4v) is 4.02. The van der Waals surface area contributed by atoms with E-state index in [0.29, 0.717) is 23.3 Å². The Labute approximate surface area is 191 Å². The highest BCUT2D eigenvalue weighted by Gasteiger charge is 2.12. The van der Waals surface area contributed by atoms with Crippen molar-refractivity contribution in [3.8, 4) is 0 Å². The normalized spacial score (nSPS) is 13.7. The summed E-state index contributed by atoms with van der Waals surface area (Å²) in [6.45, 7) is 2.59. The van der Waals surface area contributed by atoms with Crippen molar-refractivity contribution < 1.29 is 0 Å². The van der Waals surface area contributed by atoms with E-state index in [9.17, 15) is 0 Å². The largest absolute Gasteiger partial charge is 0.368 e. The van der Waals surface area contributed by atoms with Gasteiger partial charge in [-0.25, -0.2) is 4.98 Å². The summed E-state index contributed by atoms with van der Waals surface area (Å²) in [5.74, 6) is 1.09. The minimum Gasteiger partial charge on any atom is -0.368 e. The number of rotatable bonds is 7. The molecular weight excluding hydrogens is 422 g/mol. The second-order valence-electron chi connectivity index (χ2n) is 7.66. The molecule has 1 aliphatic rings. The predicted octanol–water partition coefficient (Wildman–Crippen LogP) is 4.78. The van der Waals surface area contributed by atoms with Crippen LogP contribution in [0.4, 0.5) is 17.5 Å². The van der Waals surface area contributed by atoms with Gasteiger partial charge < -0.3 is 20.9 Å². The molecular formula is C24H24ClN7. The molecule has 0 unspecified atom stereocenters. The predicted molar refractivity (Wildman–Crippen MR) is 131 cm³/mol. The van der Waals surface area contributed by atoms with Crippen molar-refractivity contribution >= 4 is 45.5 Å². The SMILES string of the molecule is Clc1cnc(Nc2ccc3[nH]cc(C4=CCNCC4)c3c2)nc1NCCc1ccccn1. The van der Waals surface area contributed by atoms with Gasteiger partial charge in [0.2, 0.25) is 5.95 Å². The van der Waals surface area contributed by atoms with E-state index in [0.717, 1.165) is 42.8 Å². The molecule has 0 spiro atoms. The van der Waals surface area contributed by atoms with Crippen LogP contribution in [0.25, 0.3) is 16.5 Å². The van der Waals surface area contributed by atoms with Crippen molar-refractivity contribution in [1.29, 1.82) is 0 Å². The fraction of sp³-hybridized carbons (Fsp3) is 0.208. The third-order valence-corrected chi connectivity index (χ3v) is 5.77. The van der Waals surface area contributed by atoms with Gasteiger partial charge >= 0.3 is 0 Å². The van der Waals surface area contributed by atoms with Crippen LogP contribution in [0.1, 0.15) is 17.7 Å². The van der Waals surface area contributed by atoms with Crippen LogP contribution in [0.2, 0.25) is 5.02 Å². The van der Waals surface area contributed by atoms with Gasteiger partial charge in [0.25, 0.3) is 0 Å². The van der Waals surface area contributed by atoms with Gasteiger partial charge in [0.1, 0.15) is 5.02 Å².